The number of allylic oxidation sites excluding steroid dienone is 22. The molecule has 0 aromatic carbocycles. The first-order chi connectivity index (χ1) is 39.0. The molecule has 0 aromatic heterocycles. The minimum atomic E-state index is -4.40. The third-order valence-electron chi connectivity index (χ3n) is 13.2. The number of hydrogen-bond donors (Lipinski definition) is 1. The van der Waals surface area contributed by atoms with Gasteiger partial charge >= 0.3 is 19.8 Å². The number of nitrogens with zero attached hydrogens (tertiary/aromatic N) is 1. The summed E-state index contributed by atoms with van der Waals surface area (Å²) in [5.41, 5.74) is 0. The molecular weight excluding hydrogens is 1010 g/mol. The molecule has 0 bridgehead atoms. The maximum absolute atomic E-state index is 12.9. The molecule has 456 valence electrons. The molecule has 0 spiro atoms. The molecule has 0 fully saturated rings. The van der Waals surface area contributed by atoms with Crippen LogP contribution in [0.3, 0.4) is 0 Å². The van der Waals surface area contributed by atoms with E-state index in [0.29, 0.717) is 17.4 Å². The predicted octanol–water partition coefficient (Wildman–Crippen LogP) is 20.5. The summed E-state index contributed by atoms with van der Waals surface area (Å²) in [6.45, 7) is 4.19. The van der Waals surface area contributed by atoms with Gasteiger partial charge in [0, 0.05) is 12.8 Å². The average molecular weight is 1130 g/mol. The van der Waals surface area contributed by atoms with Gasteiger partial charge in [0.05, 0.1) is 27.7 Å². The van der Waals surface area contributed by atoms with E-state index in [-0.39, 0.29) is 32.0 Å². The van der Waals surface area contributed by atoms with Crippen molar-refractivity contribution in [1.29, 1.82) is 0 Å². The van der Waals surface area contributed by atoms with Crippen LogP contribution < -0.4 is 0 Å². The molecule has 0 aliphatic heterocycles. The highest BCUT2D eigenvalue weighted by atomic mass is 31.2. The fourth-order valence-electron chi connectivity index (χ4n) is 8.34. The summed E-state index contributed by atoms with van der Waals surface area (Å²) in [5.74, 6) is -0.815. The molecule has 0 aromatic rings. The highest BCUT2D eigenvalue weighted by Gasteiger charge is 2.27. The second kappa shape index (κ2) is 59.8. The molecule has 10 heteroatoms. The smallest absolute Gasteiger partial charge is 0.462 e. The van der Waals surface area contributed by atoms with E-state index in [1.54, 1.807) is 0 Å². The highest BCUT2D eigenvalue weighted by molar-refractivity contribution is 7.47. The van der Waals surface area contributed by atoms with Crippen molar-refractivity contribution >= 4 is 19.8 Å². The number of carbonyl (C=O) groups is 2. The topological polar surface area (TPSA) is 108 Å². The Labute approximate surface area is 491 Å². The molecule has 0 amide bonds. The Morgan fingerprint density at radius 1 is 0.388 bits per heavy atom. The number of phosphoric ester groups is 1. The van der Waals surface area contributed by atoms with E-state index in [4.69, 9.17) is 18.5 Å². The SMILES string of the molecule is CC/C=C\C/C=C\C/C=C\C/C=C\C/C=C\C/C=C\CCCCCCCCCCCCCCCCC(=O)OC(COC(=O)CCCCCCCCC/C=C\C/C=C\C/C=C\C/C=C\C/C=C\CC)COP(=O)(O)OCC[N+](C)(C)C. The summed E-state index contributed by atoms with van der Waals surface area (Å²) in [4.78, 5) is 35.8. The summed E-state index contributed by atoms with van der Waals surface area (Å²) in [6, 6.07) is 0. The number of quaternary nitrogens is 1. The summed E-state index contributed by atoms with van der Waals surface area (Å²) < 4.78 is 34.6. The van der Waals surface area contributed by atoms with E-state index < -0.39 is 26.5 Å². The van der Waals surface area contributed by atoms with Gasteiger partial charge < -0.3 is 18.9 Å². The summed E-state index contributed by atoms with van der Waals surface area (Å²) in [6.07, 6.45) is 86.7. The van der Waals surface area contributed by atoms with E-state index in [0.717, 1.165) is 122 Å². The van der Waals surface area contributed by atoms with Gasteiger partial charge in [0.2, 0.25) is 0 Å². The number of unbranched alkanes of at least 4 members (excludes halogenated alkanes) is 21. The highest BCUT2D eigenvalue weighted by Crippen LogP contribution is 2.43. The minimum Gasteiger partial charge on any atom is -0.462 e. The number of carbonyl (C=O) groups excluding carboxylic acids is 2. The van der Waals surface area contributed by atoms with Crippen molar-refractivity contribution in [1.82, 2.24) is 0 Å². The van der Waals surface area contributed by atoms with Crippen LogP contribution in [0, 0.1) is 0 Å². The van der Waals surface area contributed by atoms with Crippen LogP contribution in [0.2, 0.25) is 0 Å². The van der Waals surface area contributed by atoms with E-state index in [1.165, 1.54) is 89.9 Å². The van der Waals surface area contributed by atoms with E-state index in [2.05, 4.69) is 148 Å². The number of hydrogen-bond acceptors (Lipinski definition) is 7. The van der Waals surface area contributed by atoms with Gasteiger partial charge in [0.1, 0.15) is 19.8 Å². The quantitative estimate of drug-likeness (QED) is 0.0211. The Kier molecular flexibility index (Phi) is 56.9. The lowest BCUT2D eigenvalue weighted by Crippen LogP contribution is -2.37. The third kappa shape index (κ3) is 63.3. The largest absolute Gasteiger partial charge is 0.472 e. The van der Waals surface area contributed by atoms with Crippen molar-refractivity contribution < 1.29 is 42.1 Å². The molecule has 0 aliphatic rings. The Hall–Kier alpha value is -3.85. The van der Waals surface area contributed by atoms with Crippen LogP contribution in [-0.4, -0.2) is 74.9 Å². The number of ether oxygens (including phenoxy) is 2. The summed E-state index contributed by atoms with van der Waals surface area (Å²) in [5, 5.41) is 0. The number of rotatable bonds is 57. The molecule has 2 atom stereocenters. The summed E-state index contributed by atoms with van der Waals surface area (Å²) in [7, 11) is 1.46. The monoisotopic (exact) mass is 1130 g/mol. The van der Waals surface area contributed by atoms with Crippen LogP contribution in [0.4, 0.5) is 0 Å². The standard InChI is InChI=1S/C70H118NO8P/c1-6-8-10-12-14-16-18-20-22-24-26-28-30-31-32-33-34-35-36-37-38-39-41-43-45-47-49-51-53-55-57-59-61-63-70(73)79-68(67-78-80(74,75)77-65-64-71(3,4)5)66-76-69(72)62-60-58-56-54-52-50-48-46-44-42-40-29-27-25-23-21-19-17-15-13-11-9-7-2/h8-11,14-17,20-23,26-29,31-32,34-35,42,44,68H,6-7,12-13,18-19,24-25,30,33,36-41,43,45-67H2,1-5H3/p+1/b10-8-,11-9-,16-14-,17-15-,22-20-,23-21-,28-26-,29-27-,32-31-,35-34-,44-42-. The van der Waals surface area contributed by atoms with E-state index in [9.17, 15) is 19.0 Å². The lowest BCUT2D eigenvalue weighted by Gasteiger charge is -2.24. The van der Waals surface area contributed by atoms with Gasteiger partial charge in [-0.15, -0.1) is 0 Å². The average Bonchev–Trinajstić information content (AvgIpc) is 3.42. The Morgan fingerprint density at radius 2 is 0.675 bits per heavy atom. The minimum absolute atomic E-state index is 0.0234. The zero-order chi connectivity index (χ0) is 58.4. The van der Waals surface area contributed by atoms with Crippen molar-refractivity contribution in [2.45, 2.75) is 251 Å². The lowest BCUT2D eigenvalue weighted by atomic mass is 10.0. The second-order valence-electron chi connectivity index (χ2n) is 22.0. The van der Waals surface area contributed by atoms with Crippen LogP contribution in [0.15, 0.2) is 134 Å². The molecule has 9 nitrogen and oxygen atoms in total. The number of esters is 2. The Bertz CT molecular complexity index is 1810. The number of phosphoric acid groups is 1. The first kappa shape index (κ1) is 76.1. The molecule has 1 N–H and O–H groups in total. The van der Waals surface area contributed by atoms with Crippen molar-refractivity contribution in [3.8, 4) is 0 Å². The number of likely N-dealkylation sites (N-methyl/N-ethyl adjacent to an activating group) is 1. The van der Waals surface area contributed by atoms with E-state index in [1.807, 2.05) is 21.1 Å². The molecule has 0 saturated carbocycles. The zero-order valence-corrected chi connectivity index (χ0v) is 52.7. The van der Waals surface area contributed by atoms with Crippen molar-refractivity contribution in [2.75, 3.05) is 47.5 Å². The Morgan fingerprint density at radius 3 is 1.00 bits per heavy atom. The predicted molar refractivity (Wildman–Crippen MR) is 344 cm³/mol. The molecule has 0 saturated heterocycles. The van der Waals surface area contributed by atoms with Gasteiger partial charge in [0.25, 0.3) is 0 Å². The van der Waals surface area contributed by atoms with Gasteiger partial charge in [-0.25, -0.2) is 4.57 Å². The first-order valence-electron chi connectivity index (χ1n) is 31.9. The maximum Gasteiger partial charge on any atom is 0.472 e. The first-order valence-corrected chi connectivity index (χ1v) is 33.4. The molecule has 0 heterocycles. The molecule has 0 aliphatic carbocycles. The van der Waals surface area contributed by atoms with Crippen LogP contribution in [-0.2, 0) is 32.7 Å². The molecular formula is C70H119NO8P+. The van der Waals surface area contributed by atoms with Crippen LogP contribution in [0.5, 0.6) is 0 Å². The fraction of sp³-hybridized carbons (Fsp3) is 0.657. The van der Waals surface area contributed by atoms with Crippen molar-refractivity contribution in [3.05, 3.63) is 134 Å². The van der Waals surface area contributed by atoms with Gasteiger partial charge in [-0.05, 0) is 109 Å². The van der Waals surface area contributed by atoms with Crippen molar-refractivity contribution in [3.63, 3.8) is 0 Å². The van der Waals surface area contributed by atoms with Crippen LogP contribution in [0.1, 0.15) is 245 Å². The second-order valence-corrected chi connectivity index (χ2v) is 23.5. The molecule has 0 rings (SSSR count). The fourth-order valence-corrected chi connectivity index (χ4v) is 9.08. The molecule has 2 unspecified atom stereocenters. The van der Waals surface area contributed by atoms with Crippen molar-refractivity contribution in [2.24, 2.45) is 0 Å². The van der Waals surface area contributed by atoms with Gasteiger partial charge in [-0.3, -0.25) is 18.6 Å². The Balaban J connectivity index is 4.14. The third-order valence-corrected chi connectivity index (χ3v) is 14.2. The van der Waals surface area contributed by atoms with Gasteiger partial charge in [-0.1, -0.05) is 257 Å². The van der Waals surface area contributed by atoms with Crippen LogP contribution >= 0.6 is 7.82 Å². The van der Waals surface area contributed by atoms with Gasteiger partial charge in [-0.2, -0.15) is 0 Å². The molecule has 0 radical (unpaired) electrons. The van der Waals surface area contributed by atoms with Gasteiger partial charge in [0.15, 0.2) is 6.10 Å². The maximum atomic E-state index is 12.9. The molecule has 80 heavy (non-hydrogen) atoms. The van der Waals surface area contributed by atoms with E-state index >= 15 is 0 Å². The van der Waals surface area contributed by atoms with Crippen LogP contribution in [0.25, 0.3) is 0 Å². The zero-order valence-electron chi connectivity index (χ0n) is 51.8. The normalized spacial score (nSPS) is 14.1. The lowest BCUT2D eigenvalue weighted by molar-refractivity contribution is -0.870. The summed E-state index contributed by atoms with van der Waals surface area (Å²) >= 11 is 0.